The van der Waals surface area contributed by atoms with Crippen molar-refractivity contribution in [3.63, 3.8) is 0 Å². The first kappa shape index (κ1) is 25.4. The number of halogens is 1. The van der Waals surface area contributed by atoms with Crippen LogP contribution in [0, 0.1) is 5.92 Å². The molecule has 6 atom stereocenters. The minimum atomic E-state index is -2.14. The average molecular weight is 427 g/mol. The fourth-order valence-electron chi connectivity index (χ4n) is 3.08. The number of hydrogen-bond acceptors (Lipinski definition) is 7. The van der Waals surface area contributed by atoms with Gasteiger partial charge in [0.1, 0.15) is 24.4 Å². The van der Waals surface area contributed by atoms with Gasteiger partial charge in [0.15, 0.2) is 12.0 Å². The third kappa shape index (κ3) is 6.41. The molecule has 1 saturated heterocycles. The van der Waals surface area contributed by atoms with E-state index in [1.165, 1.54) is 0 Å². The molecule has 166 valence electrons. The van der Waals surface area contributed by atoms with E-state index in [0.717, 1.165) is 4.90 Å². The molecule has 0 aliphatic carbocycles. The van der Waals surface area contributed by atoms with E-state index in [2.05, 4.69) is 5.32 Å². The van der Waals surface area contributed by atoms with Gasteiger partial charge < -0.3 is 35.6 Å². The number of amides is 2. The Balaban J connectivity index is 3.05. The van der Waals surface area contributed by atoms with Crippen molar-refractivity contribution in [3.8, 4) is 0 Å². The first-order valence-corrected chi connectivity index (χ1v) is 10.3. The molecule has 28 heavy (non-hydrogen) atoms. The predicted octanol–water partition coefficient (Wildman–Crippen LogP) is -0.0384. The average Bonchev–Trinajstić information content (AvgIpc) is 2.65. The lowest BCUT2D eigenvalue weighted by Gasteiger charge is -2.48. The number of unbranched alkanes of at least 4 members (excludes halogenated alkanes) is 1. The van der Waals surface area contributed by atoms with Gasteiger partial charge >= 0.3 is 6.03 Å². The van der Waals surface area contributed by atoms with Gasteiger partial charge in [0.2, 0.25) is 0 Å². The van der Waals surface area contributed by atoms with Crippen LogP contribution in [0.5, 0.6) is 0 Å². The maximum atomic E-state index is 12.5. The molecule has 0 radical (unpaired) electrons. The quantitative estimate of drug-likeness (QED) is 0.212. The van der Waals surface area contributed by atoms with Gasteiger partial charge in [0, 0.05) is 25.4 Å². The SMILES string of the molecule is CCCC[C@]1(O)O[C@H](C(O)N(CCC(C)C)C(=O)NCCCl)[C@@H](O)[C@H](O)[C@H]1O. The van der Waals surface area contributed by atoms with Gasteiger partial charge in [-0.05, 0) is 18.8 Å². The van der Waals surface area contributed by atoms with Crippen molar-refractivity contribution in [1.82, 2.24) is 10.2 Å². The number of aliphatic hydroxyl groups is 5. The number of alkyl halides is 1. The van der Waals surface area contributed by atoms with E-state index >= 15 is 0 Å². The number of hydrogen-bond donors (Lipinski definition) is 6. The van der Waals surface area contributed by atoms with Gasteiger partial charge in [-0.1, -0.05) is 27.2 Å². The summed E-state index contributed by atoms with van der Waals surface area (Å²) in [7, 11) is 0. The van der Waals surface area contributed by atoms with E-state index in [1.54, 1.807) is 0 Å². The summed E-state index contributed by atoms with van der Waals surface area (Å²) < 4.78 is 5.47. The highest BCUT2D eigenvalue weighted by Gasteiger charge is 2.55. The Bertz CT molecular complexity index is 485. The molecule has 0 aromatic heterocycles. The van der Waals surface area contributed by atoms with Crippen LogP contribution in [0.25, 0.3) is 0 Å². The molecule has 0 spiro atoms. The zero-order chi connectivity index (χ0) is 21.5. The van der Waals surface area contributed by atoms with Crippen LogP contribution in [0.1, 0.15) is 46.5 Å². The highest BCUT2D eigenvalue weighted by Crippen LogP contribution is 2.34. The minimum absolute atomic E-state index is 0.00209. The lowest BCUT2D eigenvalue weighted by Crippen LogP contribution is -2.69. The summed E-state index contributed by atoms with van der Waals surface area (Å²) in [6.45, 7) is 6.13. The number of urea groups is 1. The van der Waals surface area contributed by atoms with Gasteiger partial charge in [-0.15, -0.1) is 11.6 Å². The van der Waals surface area contributed by atoms with Gasteiger partial charge in [-0.25, -0.2) is 4.79 Å². The van der Waals surface area contributed by atoms with Gasteiger partial charge in [0.05, 0.1) is 0 Å². The third-order valence-corrected chi connectivity index (χ3v) is 5.08. The molecule has 1 aliphatic heterocycles. The van der Waals surface area contributed by atoms with E-state index in [-0.39, 0.29) is 31.3 Å². The minimum Gasteiger partial charge on any atom is -0.387 e. The van der Waals surface area contributed by atoms with Crippen molar-refractivity contribution < 1.29 is 35.1 Å². The van der Waals surface area contributed by atoms with Crippen LogP contribution in [0.3, 0.4) is 0 Å². The number of ether oxygens (including phenoxy) is 1. The van der Waals surface area contributed by atoms with Crippen molar-refractivity contribution >= 4 is 17.6 Å². The molecule has 0 saturated carbocycles. The molecular weight excluding hydrogens is 392 g/mol. The van der Waals surface area contributed by atoms with E-state index < -0.39 is 42.5 Å². The molecule has 1 rings (SSSR count). The lowest BCUT2D eigenvalue weighted by atomic mass is 9.88. The second kappa shape index (κ2) is 11.5. The van der Waals surface area contributed by atoms with Crippen molar-refractivity contribution in [2.45, 2.75) is 82.9 Å². The topological polar surface area (TPSA) is 143 Å². The number of aliphatic hydroxyl groups excluding tert-OH is 4. The van der Waals surface area contributed by atoms with Gasteiger partial charge in [-0.2, -0.15) is 0 Å². The molecule has 1 unspecified atom stereocenters. The van der Waals surface area contributed by atoms with Gasteiger partial charge in [0.25, 0.3) is 0 Å². The normalized spacial score (nSPS) is 31.6. The Kier molecular flexibility index (Phi) is 10.4. The second-order valence-electron chi connectivity index (χ2n) is 7.67. The molecule has 1 aliphatic rings. The fraction of sp³-hybridized carbons (Fsp3) is 0.944. The second-order valence-corrected chi connectivity index (χ2v) is 8.05. The number of carbonyl (C=O) groups is 1. The number of rotatable bonds is 10. The summed E-state index contributed by atoms with van der Waals surface area (Å²) >= 11 is 5.60. The van der Waals surface area contributed by atoms with E-state index in [0.29, 0.717) is 19.3 Å². The Morgan fingerprint density at radius 3 is 2.46 bits per heavy atom. The molecule has 0 aromatic rings. The maximum absolute atomic E-state index is 12.5. The van der Waals surface area contributed by atoms with E-state index in [1.807, 2.05) is 20.8 Å². The van der Waals surface area contributed by atoms with Gasteiger partial charge in [-0.3, -0.25) is 4.90 Å². The molecule has 1 fully saturated rings. The molecule has 9 nitrogen and oxygen atoms in total. The predicted molar refractivity (Wildman–Crippen MR) is 104 cm³/mol. The van der Waals surface area contributed by atoms with E-state index in [9.17, 15) is 30.3 Å². The highest BCUT2D eigenvalue weighted by molar-refractivity contribution is 6.18. The van der Waals surface area contributed by atoms with Crippen LogP contribution in [-0.4, -0.2) is 91.9 Å². The monoisotopic (exact) mass is 426 g/mol. The summed E-state index contributed by atoms with van der Waals surface area (Å²) in [6.07, 6.45) is -6.58. The summed E-state index contributed by atoms with van der Waals surface area (Å²) in [5.74, 6) is -1.72. The first-order chi connectivity index (χ1) is 13.1. The van der Waals surface area contributed by atoms with Crippen LogP contribution in [0.2, 0.25) is 0 Å². The van der Waals surface area contributed by atoms with Crippen LogP contribution < -0.4 is 5.32 Å². The summed E-state index contributed by atoms with van der Waals surface area (Å²) in [5, 5.41) is 54.7. The van der Waals surface area contributed by atoms with Crippen molar-refractivity contribution in [3.05, 3.63) is 0 Å². The smallest absolute Gasteiger partial charge is 0.319 e. The standard InChI is InChI=1S/C18H35ClN2O7/c1-4-5-7-18(27)15(24)13(23)12(22)14(28-18)16(25)21(10-6-11(2)3)17(26)20-9-8-19/h11-16,22-25,27H,4-10H2,1-3H3,(H,20,26)/t12-,13-,14-,15+,16?,18-/m0/s1. The van der Waals surface area contributed by atoms with Crippen molar-refractivity contribution in [2.75, 3.05) is 19.0 Å². The molecule has 1 heterocycles. The lowest BCUT2D eigenvalue weighted by molar-refractivity contribution is -0.364. The highest BCUT2D eigenvalue weighted by atomic mass is 35.5. The Hall–Kier alpha value is -0.680. The zero-order valence-electron chi connectivity index (χ0n) is 16.8. The largest absolute Gasteiger partial charge is 0.387 e. The summed E-state index contributed by atoms with van der Waals surface area (Å²) in [4.78, 5) is 13.5. The van der Waals surface area contributed by atoms with E-state index in [4.69, 9.17) is 16.3 Å². The Labute approximate surface area is 171 Å². The zero-order valence-corrected chi connectivity index (χ0v) is 17.5. The Morgan fingerprint density at radius 2 is 1.93 bits per heavy atom. The van der Waals surface area contributed by atoms with Crippen molar-refractivity contribution in [1.29, 1.82) is 0 Å². The molecule has 0 bridgehead atoms. The molecular formula is C18H35ClN2O7. The first-order valence-electron chi connectivity index (χ1n) is 9.81. The summed E-state index contributed by atoms with van der Waals surface area (Å²) in [6, 6.07) is -0.609. The number of nitrogens with one attached hydrogen (secondary N) is 1. The van der Waals surface area contributed by atoms with Crippen LogP contribution in [0.15, 0.2) is 0 Å². The molecule has 10 heteroatoms. The fourth-order valence-corrected chi connectivity index (χ4v) is 3.18. The number of nitrogens with zero attached hydrogens (tertiary/aromatic N) is 1. The Morgan fingerprint density at radius 1 is 1.29 bits per heavy atom. The maximum Gasteiger partial charge on any atom is 0.319 e. The molecule has 0 aromatic carbocycles. The van der Waals surface area contributed by atoms with Crippen LogP contribution in [-0.2, 0) is 4.74 Å². The van der Waals surface area contributed by atoms with Crippen molar-refractivity contribution in [2.24, 2.45) is 5.92 Å². The molecule has 6 N–H and O–H groups in total. The van der Waals surface area contributed by atoms with Crippen LogP contribution >= 0.6 is 11.6 Å². The third-order valence-electron chi connectivity index (χ3n) is 4.89. The molecule has 2 amide bonds. The number of carbonyl (C=O) groups excluding carboxylic acids is 1. The summed E-state index contributed by atoms with van der Waals surface area (Å²) in [5.41, 5.74) is 0. The van der Waals surface area contributed by atoms with Crippen LogP contribution in [0.4, 0.5) is 4.79 Å².